The quantitative estimate of drug-likeness (QED) is 0.783. The van der Waals surface area contributed by atoms with Gasteiger partial charge in [-0.3, -0.25) is 4.98 Å². The zero-order valence-electron chi connectivity index (χ0n) is 8.63. The molecule has 80 valence electrons. The van der Waals surface area contributed by atoms with E-state index in [2.05, 4.69) is 16.0 Å². The molecule has 1 unspecified atom stereocenters. The predicted molar refractivity (Wildman–Crippen MR) is 62.1 cm³/mol. The van der Waals surface area contributed by atoms with Crippen molar-refractivity contribution in [2.24, 2.45) is 10.7 Å². The summed E-state index contributed by atoms with van der Waals surface area (Å²) in [6, 6.07) is 8.35. The minimum absolute atomic E-state index is 0.0985. The zero-order valence-corrected chi connectivity index (χ0v) is 8.63. The van der Waals surface area contributed by atoms with Gasteiger partial charge in [-0.2, -0.15) is 0 Å². The molecular formula is C12H11N3O. The first-order chi connectivity index (χ1) is 7.84. The largest absolute Gasteiger partial charge is 0.455 e. The van der Waals surface area contributed by atoms with Crippen LogP contribution in [0.1, 0.15) is 11.7 Å². The van der Waals surface area contributed by atoms with E-state index in [0.717, 1.165) is 16.3 Å². The fourth-order valence-electron chi connectivity index (χ4n) is 1.95. The van der Waals surface area contributed by atoms with Crippen LogP contribution in [0.5, 0.6) is 0 Å². The maximum absolute atomic E-state index is 5.51. The molecule has 4 nitrogen and oxygen atoms in total. The molecule has 0 radical (unpaired) electrons. The summed E-state index contributed by atoms with van der Waals surface area (Å²) in [7, 11) is 0. The molecule has 2 aromatic rings. The van der Waals surface area contributed by atoms with Gasteiger partial charge in [-0.15, -0.1) is 0 Å². The number of aliphatic imine (C=N–C) groups is 1. The van der Waals surface area contributed by atoms with Crippen LogP contribution >= 0.6 is 0 Å². The second kappa shape index (κ2) is 3.48. The van der Waals surface area contributed by atoms with Gasteiger partial charge in [0.2, 0.25) is 0 Å². The highest BCUT2D eigenvalue weighted by molar-refractivity contribution is 5.85. The summed E-state index contributed by atoms with van der Waals surface area (Å²) >= 11 is 0. The normalized spacial score (nSPS) is 19.5. The maximum Gasteiger partial charge on any atom is 0.282 e. The van der Waals surface area contributed by atoms with E-state index < -0.39 is 0 Å². The Bertz CT molecular complexity index is 560. The van der Waals surface area contributed by atoms with Gasteiger partial charge in [0, 0.05) is 23.3 Å². The highest BCUT2D eigenvalue weighted by Crippen LogP contribution is 2.27. The van der Waals surface area contributed by atoms with Gasteiger partial charge in [-0.1, -0.05) is 24.3 Å². The topological polar surface area (TPSA) is 60.5 Å². The van der Waals surface area contributed by atoms with E-state index in [0.29, 0.717) is 6.54 Å². The van der Waals surface area contributed by atoms with Crippen molar-refractivity contribution in [3.05, 3.63) is 42.2 Å². The van der Waals surface area contributed by atoms with Crippen molar-refractivity contribution in [2.75, 3.05) is 6.54 Å². The Kier molecular flexibility index (Phi) is 1.99. The molecule has 0 fully saturated rings. The first-order valence-corrected chi connectivity index (χ1v) is 5.14. The van der Waals surface area contributed by atoms with Crippen LogP contribution in [0.15, 0.2) is 41.7 Å². The number of ether oxygens (including phenoxy) is 1. The Morgan fingerprint density at radius 3 is 2.94 bits per heavy atom. The Labute approximate surface area is 92.8 Å². The highest BCUT2D eigenvalue weighted by atomic mass is 16.5. The van der Waals surface area contributed by atoms with Gasteiger partial charge in [-0.05, 0) is 5.39 Å². The molecule has 1 aliphatic rings. The average Bonchev–Trinajstić information content (AvgIpc) is 2.75. The number of hydrogen-bond donors (Lipinski definition) is 1. The van der Waals surface area contributed by atoms with Crippen molar-refractivity contribution in [3.63, 3.8) is 0 Å². The maximum atomic E-state index is 5.51. The molecule has 0 aliphatic carbocycles. The van der Waals surface area contributed by atoms with E-state index in [4.69, 9.17) is 10.5 Å². The molecule has 0 saturated carbocycles. The minimum Gasteiger partial charge on any atom is -0.455 e. The van der Waals surface area contributed by atoms with Crippen molar-refractivity contribution >= 4 is 16.8 Å². The van der Waals surface area contributed by atoms with E-state index in [9.17, 15) is 0 Å². The Balaban J connectivity index is 2.10. The lowest BCUT2D eigenvalue weighted by atomic mass is 10.0. The van der Waals surface area contributed by atoms with Crippen LogP contribution in [0.25, 0.3) is 10.8 Å². The lowest BCUT2D eigenvalue weighted by molar-refractivity contribution is 0.227. The summed E-state index contributed by atoms with van der Waals surface area (Å²) in [5.41, 5.74) is 6.56. The molecule has 1 atom stereocenters. The zero-order chi connectivity index (χ0) is 11.0. The predicted octanol–water partition coefficient (Wildman–Crippen LogP) is 1.62. The average molecular weight is 213 g/mol. The molecular weight excluding hydrogens is 202 g/mol. The highest BCUT2D eigenvalue weighted by Gasteiger charge is 2.21. The van der Waals surface area contributed by atoms with Crippen LogP contribution in [-0.2, 0) is 4.74 Å². The molecule has 3 rings (SSSR count). The number of nitrogens with zero attached hydrogens (tertiary/aromatic N) is 2. The van der Waals surface area contributed by atoms with Crippen molar-refractivity contribution in [2.45, 2.75) is 6.10 Å². The summed E-state index contributed by atoms with van der Waals surface area (Å²) in [5, 5.41) is 2.25. The van der Waals surface area contributed by atoms with Crippen molar-refractivity contribution in [1.82, 2.24) is 4.98 Å². The smallest absolute Gasteiger partial charge is 0.282 e. The van der Waals surface area contributed by atoms with E-state index in [-0.39, 0.29) is 12.1 Å². The summed E-state index contributed by atoms with van der Waals surface area (Å²) in [4.78, 5) is 8.26. The van der Waals surface area contributed by atoms with Crippen molar-refractivity contribution in [1.29, 1.82) is 0 Å². The summed E-state index contributed by atoms with van der Waals surface area (Å²) in [6.07, 6.45) is 3.57. The van der Waals surface area contributed by atoms with Crippen molar-refractivity contribution < 1.29 is 4.74 Å². The van der Waals surface area contributed by atoms with Crippen LogP contribution < -0.4 is 5.73 Å². The second-order valence-corrected chi connectivity index (χ2v) is 3.74. The number of amidine groups is 1. The Morgan fingerprint density at radius 1 is 1.25 bits per heavy atom. The number of aromatic nitrogens is 1. The molecule has 1 aromatic heterocycles. The van der Waals surface area contributed by atoms with Gasteiger partial charge < -0.3 is 10.5 Å². The molecule has 2 N–H and O–H groups in total. The number of benzene rings is 1. The molecule has 0 spiro atoms. The number of nitrogens with two attached hydrogens (primary N) is 1. The minimum atomic E-state index is -0.0985. The third kappa shape index (κ3) is 1.39. The monoisotopic (exact) mass is 213 g/mol. The molecule has 0 saturated heterocycles. The van der Waals surface area contributed by atoms with E-state index >= 15 is 0 Å². The van der Waals surface area contributed by atoms with Crippen LogP contribution in [0, 0.1) is 0 Å². The first kappa shape index (κ1) is 9.15. The fraction of sp³-hybridized carbons (Fsp3) is 0.167. The molecule has 16 heavy (non-hydrogen) atoms. The Hall–Kier alpha value is -2.10. The third-order valence-electron chi connectivity index (χ3n) is 2.72. The van der Waals surface area contributed by atoms with Crippen LogP contribution in [0.3, 0.4) is 0 Å². The number of pyridine rings is 1. The number of fused-ring (bicyclic) bond motifs is 1. The molecule has 4 heteroatoms. The fourth-order valence-corrected chi connectivity index (χ4v) is 1.95. The molecule has 0 amide bonds. The summed E-state index contributed by atoms with van der Waals surface area (Å²) in [6.45, 7) is 0.571. The number of rotatable bonds is 1. The first-order valence-electron chi connectivity index (χ1n) is 5.14. The molecule has 1 aromatic carbocycles. The SMILES string of the molecule is NC1=NCC(c2cncc3ccccc23)O1. The molecule has 2 heterocycles. The number of hydrogen-bond acceptors (Lipinski definition) is 4. The van der Waals surface area contributed by atoms with E-state index in [1.54, 1.807) is 0 Å². The van der Waals surface area contributed by atoms with Gasteiger partial charge in [0.25, 0.3) is 6.02 Å². The van der Waals surface area contributed by atoms with Crippen LogP contribution in [-0.4, -0.2) is 17.6 Å². The van der Waals surface area contributed by atoms with Gasteiger partial charge in [0.1, 0.15) is 6.10 Å². The van der Waals surface area contributed by atoms with Crippen molar-refractivity contribution in [3.8, 4) is 0 Å². The third-order valence-corrected chi connectivity index (χ3v) is 2.72. The van der Waals surface area contributed by atoms with Gasteiger partial charge in [-0.25, -0.2) is 4.99 Å². The van der Waals surface area contributed by atoms with Crippen LogP contribution in [0.4, 0.5) is 0 Å². The summed E-state index contributed by atoms with van der Waals surface area (Å²) < 4.78 is 5.44. The van der Waals surface area contributed by atoms with E-state index in [1.807, 2.05) is 30.6 Å². The molecule has 1 aliphatic heterocycles. The summed E-state index contributed by atoms with van der Waals surface area (Å²) in [5.74, 6) is 0. The lowest BCUT2D eigenvalue weighted by Gasteiger charge is -2.12. The Morgan fingerprint density at radius 2 is 2.12 bits per heavy atom. The standard InChI is InChI=1S/C12H11N3O/c13-12-15-7-11(16-12)10-6-14-5-8-3-1-2-4-9(8)10/h1-6,11H,7H2,(H2,13,15). The van der Waals surface area contributed by atoms with Gasteiger partial charge in [0.15, 0.2) is 0 Å². The van der Waals surface area contributed by atoms with E-state index in [1.165, 1.54) is 0 Å². The van der Waals surface area contributed by atoms with Crippen LogP contribution in [0.2, 0.25) is 0 Å². The van der Waals surface area contributed by atoms with Gasteiger partial charge in [0.05, 0.1) is 6.54 Å². The second-order valence-electron chi connectivity index (χ2n) is 3.74. The van der Waals surface area contributed by atoms with Gasteiger partial charge >= 0.3 is 0 Å². The lowest BCUT2D eigenvalue weighted by Crippen LogP contribution is -2.13. The molecule has 0 bridgehead atoms.